The Morgan fingerprint density at radius 2 is 1.60 bits per heavy atom. The molecular formula is C14H12S. The second kappa shape index (κ2) is 3.42. The molecule has 0 aromatic heterocycles. The number of benzene rings is 2. The maximum atomic E-state index is 2.31. The van der Waals surface area contributed by atoms with Crippen LogP contribution in [0.5, 0.6) is 0 Å². The minimum atomic E-state index is 1.20. The van der Waals surface area contributed by atoms with E-state index in [0.717, 1.165) is 0 Å². The van der Waals surface area contributed by atoms with Crippen molar-refractivity contribution in [3.05, 3.63) is 59.2 Å². The molecule has 74 valence electrons. The molecule has 0 atom stereocenters. The van der Waals surface area contributed by atoms with Crippen molar-refractivity contribution in [1.82, 2.24) is 0 Å². The van der Waals surface area contributed by atoms with E-state index in [2.05, 4.69) is 49.4 Å². The highest BCUT2D eigenvalue weighted by Crippen LogP contribution is 2.35. The highest BCUT2D eigenvalue weighted by molar-refractivity contribution is 7.99. The Morgan fingerprint density at radius 1 is 0.867 bits per heavy atom. The normalized spacial score (nSPS) is 12.3. The third-order valence-corrected chi connectivity index (χ3v) is 3.69. The molecule has 0 aliphatic heterocycles. The van der Waals surface area contributed by atoms with Crippen LogP contribution in [0.1, 0.15) is 16.7 Å². The molecule has 0 N–H and O–H groups in total. The average molecular weight is 212 g/mol. The Bertz CT molecular complexity index is 497. The van der Waals surface area contributed by atoms with Gasteiger partial charge in [0.2, 0.25) is 0 Å². The quantitative estimate of drug-likeness (QED) is 0.617. The Hall–Kier alpha value is -1.21. The van der Waals surface area contributed by atoms with Gasteiger partial charge in [-0.05, 0) is 48.7 Å². The van der Waals surface area contributed by atoms with Crippen LogP contribution < -0.4 is 0 Å². The summed E-state index contributed by atoms with van der Waals surface area (Å²) in [5.41, 5.74) is 4.36. The molecule has 0 unspecified atom stereocenters. The van der Waals surface area contributed by atoms with Crippen LogP contribution in [0.15, 0.2) is 52.3 Å². The van der Waals surface area contributed by atoms with Crippen molar-refractivity contribution in [2.45, 2.75) is 23.1 Å². The van der Waals surface area contributed by atoms with Gasteiger partial charge in [0.1, 0.15) is 0 Å². The first kappa shape index (κ1) is 9.05. The Morgan fingerprint density at radius 3 is 2.33 bits per heavy atom. The Labute approximate surface area is 94.3 Å². The fraction of sp³-hybridized carbons (Fsp3) is 0.143. The summed E-state index contributed by atoms with van der Waals surface area (Å²) in [6.45, 7) is 2.12. The fourth-order valence-corrected chi connectivity index (χ4v) is 2.56. The fourth-order valence-electron chi connectivity index (χ4n) is 1.68. The van der Waals surface area contributed by atoms with Gasteiger partial charge in [-0.3, -0.25) is 0 Å². The predicted molar refractivity (Wildman–Crippen MR) is 64.6 cm³/mol. The van der Waals surface area contributed by atoms with Crippen molar-refractivity contribution in [2.75, 3.05) is 0 Å². The van der Waals surface area contributed by atoms with Crippen LogP contribution in [-0.2, 0) is 6.42 Å². The highest BCUT2D eigenvalue weighted by Gasteiger charge is 2.15. The molecule has 1 aliphatic rings. The first-order valence-corrected chi connectivity index (χ1v) is 5.99. The lowest BCUT2D eigenvalue weighted by Gasteiger charge is -2.01. The van der Waals surface area contributed by atoms with E-state index in [-0.39, 0.29) is 0 Å². The van der Waals surface area contributed by atoms with Crippen molar-refractivity contribution in [1.29, 1.82) is 0 Å². The van der Waals surface area contributed by atoms with Gasteiger partial charge in [-0.2, -0.15) is 0 Å². The van der Waals surface area contributed by atoms with Gasteiger partial charge in [0.25, 0.3) is 0 Å². The summed E-state index contributed by atoms with van der Waals surface area (Å²) in [5.74, 6) is 0. The molecular weight excluding hydrogens is 200 g/mol. The molecule has 3 rings (SSSR count). The second-order valence-corrected chi connectivity index (χ2v) is 5.17. The zero-order chi connectivity index (χ0) is 10.3. The largest absolute Gasteiger partial charge is 0.0901 e. The van der Waals surface area contributed by atoms with Gasteiger partial charge in [-0.1, -0.05) is 35.5 Å². The van der Waals surface area contributed by atoms with Crippen molar-refractivity contribution in [3.8, 4) is 0 Å². The third-order valence-electron chi connectivity index (χ3n) is 2.69. The number of hydrogen-bond acceptors (Lipinski definition) is 1. The van der Waals surface area contributed by atoms with Crippen LogP contribution >= 0.6 is 11.8 Å². The van der Waals surface area contributed by atoms with Crippen molar-refractivity contribution in [2.24, 2.45) is 0 Å². The van der Waals surface area contributed by atoms with Crippen molar-refractivity contribution >= 4 is 11.8 Å². The summed E-state index contributed by atoms with van der Waals surface area (Å²) in [5, 5.41) is 0. The monoisotopic (exact) mass is 212 g/mol. The summed E-state index contributed by atoms with van der Waals surface area (Å²) in [7, 11) is 0. The van der Waals surface area contributed by atoms with Crippen molar-refractivity contribution in [3.63, 3.8) is 0 Å². The molecule has 1 heteroatoms. The van der Waals surface area contributed by atoms with E-state index in [9.17, 15) is 0 Å². The van der Waals surface area contributed by atoms with E-state index >= 15 is 0 Å². The minimum Gasteiger partial charge on any atom is -0.0901 e. The van der Waals surface area contributed by atoms with E-state index in [1.165, 1.54) is 32.9 Å². The smallest absolute Gasteiger partial charge is 0.0125 e. The molecule has 0 fully saturated rings. The maximum Gasteiger partial charge on any atom is 0.0125 e. The molecule has 2 aromatic carbocycles. The van der Waals surface area contributed by atoms with Crippen LogP contribution in [0.4, 0.5) is 0 Å². The molecule has 0 nitrogen and oxygen atoms in total. The second-order valence-electron chi connectivity index (χ2n) is 4.02. The van der Waals surface area contributed by atoms with E-state index in [1.807, 2.05) is 11.8 Å². The van der Waals surface area contributed by atoms with Gasteiger partial charge < -0.3 is 0 Å². The van der Waals surface area contributed by atoms with Crippen LogP contribution in [0.2, 0.25) is 0 Å². The number of aryl methyl sites for hydroxylation is 1. The molecule has 0 saturated carbocycles. The lowest BCUT2D eigenvalue weighted by molar-refractivity contribution is 1.36. The summed E-state index contributed by atoms with van der Waals surface area (Å²) < 4.78 is 0. The molecule has 0 heterocycles. The molecule has 0 radical (unpaired) electrons. The van der Waals surface area contributed by atoms with Gasteiger partial charge in [-0.15, -0.1) is 0 Å². The van der Waals surface area contributed by atoms with Crippen LogP contribution in [0.25, 0.3) is 0 Å². The minimum absolute atomic E-state index is 1.20. The zero-order valence-electron chi connectivity index (χ0n) is 8.66. The zero-order valence-corrected chi connectivity index (χ0v) is 9.47. The molecule has 0 bridgehead atoms. The molecule has 0 amide bonds. The summed E-state index contributed by atoms with van der Waals surface area (Å²) >= 11 is 1.84. The number of hydrogen-bond donors (Lipinski definition) is 0. The van der Waals surface area contributed by atoms with E-state index in [4.69, 9.17) is 0 Å². The van der Waals surface area contributed by atoms with Gasteiger partial charge in [0.15, 0.2) is 0 Å². The lowest BCUT2D eigenvalue weighted by Crippen LogP contribution is -1.74. The van der Waals surface area contributed by atoms with Crippen LogP contribution in [-0.4, -0.2) is 0 Å². The van der Waals surface area contributed by atoms with Gasteiger partial charge in [0.05, 0.1) is 0 Å². The van der Waals surface area contributed by atoms with Crippen molar-refractivity contribution < 1.29 is 0 Å². The summed E-state index contributed by atoms with van der Waals surface area (Å²) in [6, 6.07) is 15.5. The van der Waals surface area contributed by atoms with E-state index in [0.29, 0.717) is 0 Å². The van der Waals surface area contributed by atoms with E-state index in [1.54, 1.807) is 0 Å². The Balaban J connectivity index is 1.83. The third kappa shape index (κ3) is 1.93. The first-order valence-electron chi connectivity index (χ1n) is 5.17. The van der Waals surface area contributed by atoms with E-state index < -0.39 is 0 Å². The van der Waals surface area contributed by atoms with Crippen LogP contribution in [0.3, 0.4) is 0 Å². The number of rotatable bonds is 2. The topological polar surface area (TPSA) is 0 Å². The summed E-state index contributed by atoms with van der Waals surface area (Å²) in [4.78, 5) is 2.68. The molecule has 2 aromatic rings. The molecule has 1 aliphatic carbocycles. The molecule has 0 saturated heterocycles. The van der Waals surface area contributed by atoms with Gasteiger partial charge in [0, 0.05) is 9.79 Å². The average Bonchev–Trinajstić information content (AvgIpc) is 3.00. The first-order chi connectivity index (χ1) is 7.31. The van der Waals surface area contributed by atoms with Crippen LogP contribution in [0, 0.1) is 6.92 Å². The predicted octanol–water partition coefficient (Wildman–Crippen LogP) is 4.05. The van der Waals surface area contributed by atoms with Gasteiger partial charge in [-0.25, -0.2) is 0 Å². The SMILES string of the molecule is Cc1ccc(Sc2ccc3c(c2)C3)cc1. The lowest BCUT2D eigenvalue weighted by atomic mass is 10.2. The number of fused-ring (bicyclic) bond motifs is 1. The highest BCUT2D eigenvalue weighted by atomic mass is 32.2. The summed E-state index contributed by atoms with van der Waals surface area (Å²) in [6.07, 6.45) is 1.20. The Kier molecular flexibility index (Phi) is 2.06. The molecule has 15 heavy (non-hydrogen) atoms. The molecule has 0 spiro atoms. The maximum absolute atomic E-state index is 2.31. The van der Waals surface area contributed by atoms with Gasteiger partial charge >= 0.3 is 0 Å². The standard InChI is InChI=1S/C14H12S/c1-10-2-5-13(6-3-10)15-14-7-4-11-8-12(11)9-14/h2-7,9H,8H2,1H3.